The molecule has 0 saturated carbocycles. The summed E-state index contributed by atoms with van der Waals surface area (Å²) in [5.41, 5.74) is 3.30. The van der Waals surface area contributed by atoms with Crippen LogP contribution >= 0.6 is 0 Å². The van der Waals surface area contributed by atoms with Gasteiger partial charge in [0.1, 0.15) is 18.4 Å². The molecular formula is C30H35NO7S. The number of rotatable bonds is 10. The van der Waals surface area contributed by atoms with E-state index < -0.39 is 22.0 Å². The molecule has 8 nitrogen and oxygen atoms in total. The molecular weight excluding hydrogens is 518 g/mol. The Morgan fingerprint density at radius 1 is 0.949 bits per heavy atom. The predicted molar refractivity (Wildman–Crippen MR) is 147 cm³/mol. The lowest BCUT2D eigenvalue weighted by Crippen LogP contribution is -2.48. The van der Waals surface area contributed by atoms with E-state index in [4.69, 9.17) is 18.9 Å². The number of hydrogen-bond donors (Lipinski definition) is 0. The van der Waals surface area contributed by atoms with Crippen LogP contribution in [0.25, 0.3) is 0 Å². The molecule has 0 N–H and O–H groups in total. The van der Waals surface area contributed by atoms with E-state index in [1.165, 1.54) is 4.31 Å². The zero-order valence-electron chi connectivity index (χ0n) is 23.2. The second-order valence-electron chi connectivity index (χ2n) is 9.99. The summed E-state index contributed by atoms with van der Waals surface area (Å²) in [6.07, 6.45) is 0. The maximum atomic E-state index is 14.5. The molecule has 0 aliphatic carbocycles. The van der Waals surface area contributed by atoms with Gasteiger partial charge in [-0.05, 0) is 72.7 Å². The highest BCUT2D eigenvalue weighted by molar-refractivity contribution is 7.89. The first-order chi connectivity index (χ1) is 18.5. The van der Waals surface area contributed by atoms with Gasteiger partial charge in [0.25, 0.3) is 0 Å². The Hall–Kier alpha value is -3.56. The van der Waals surface area contributed by atoms with Crippen molar-refractivity contribution in [3.63, 3.8) is 0 Å². The number of ether oxygens (including phenoxy) is 4. The van der Waals surface area contributed by atoms with Crippen molar-refractivity contribution >= 4 is 16.0 Å². The van der Waals surface area contributed by atoms with Crippen molar-refractivity contribution in [1.29, 1.82) is 0 Å². The lowest BCUT2D eigenvalue weighted by atomic mass is 10.0. The van der Waals surface area contributed by atoms with Crippen LogP contribution in [0.15, 0.2) is 59.5 Å². The minimum atomic E-state index is -4.19. The predicted octanol–water partition coefficient (Wildman–Crippen LogP) is 5.31. The monoisotopic (exact) mass is 553 g/mol. The summed E-state index contributed by atoms with van der Waals surface area (Å²) < 4.78 is 52.4. The van der Waals surface area contributed by atoms with Crippen LogP contribution in [0.4, 0.5) is 0 Å². The number of carbonyl (C=O) groups excluding carboxylic acids is 1. The molecule has 0 amide bonds. The van der Waals surface area contributed by atoms with Crippen molar-refractivity contribution in [3.05, 3.63) is 82.4 Å². The number of esters is 1. The molecule has 1 unspecified atom stereocenters. The van der Waals surface area contributed by atoms with Gasteiger partial charge in [0.15, 0.2) is 11.5 Å². The molecule has 208 valence electrons. The number of methoxy groups -OCH3 is 1. The van der Waals surface area contributed by atoms with Gasteiger partial charge in [0.2, 0.25) is 16.8 Å². The summed E-state index contributed by atoms with van der Waals surface area (Å²) in [5.74, 6) is 0.739. The van der Waals surface area contributed by atoms with Gasteiger partial charge in [-0.15, -0.1) is 0 Å². The van der Waals surface area contributed by atoms with Crippen LogP contribution in [0, 0.1) is 26.7 Å². The first-order valence-electron chi connectivity index (χ1n) is 12.8. The first-order valence-corrected chi connectivity index (χ1v) is 14.2. The maximum absolute atomic E-state index is 14.5. The van der Waals surface area contributed by atoms with Crippen molar-refractivity contribution in [2.24, 2.45) is 5.92 Å². The summed E-state index contributed by atoms with van der Waals surface area (Å²) in [6.45, 7) is 9.03. The molecule has 0 fully saturated rings. The summed E-state index contributed by atoms with van der Waals surface area (Å²) in [5, 5.41) is 0. The van der Waals surface area contributed by atoms with Crippen molar-refractivity contribution in [2.45, 2.75) is 58.7 Å². The molecule has 4 rings (SSSR count). The van der Waals surface area contributed by atoms with E-state index >= 15 is 0 Å². The fraction of sp³-hybridized carbons (Fsp3) is 0.367. The van der Waals surface area contributed by atoms with Gasteiger partial charge < -0.3 is 18.9 Å². The second-order valence-corrected chi connectivity index (χ2v) is 11.8. The molecule has 3 aromatic rings. The molecule has 1 aliphatic rings. The topological polar surface area (TPSA) is 91.4 Å². The maximum Gasteiger partial charge on any atom is 0.325 e. The van der Waals surface area contributed by atoms with Gasteiger partial charge in [-0.2, -0.15) is 4.31 Å². The number of fused-ring (bicyclic) bond motifs is 1. The minimum Gasteiger partial charge on any atom is -0.496 e. The summed E-state index contributed by atoms with van der Waals surface area (Å²) in [7, 11) is -2.64. The molecule has 0 bridgehead atoms. The van der Waals surface area contributed by atoms with E-state index in [2.05, 4.69) is 0 Å². The highest BCUT2D eigenvalue weighted by atomic mass is 32.2. The van der Waals surface area contributed by atoms with Gasteiger partial charge in [0.05, 0.1) is 12.0 Å². The van der Waals surface area contributed by atoms with Gasteiger partial charge in [-0.3, -0.25) is 4.79 Å². The Kier molecular flexibility index (Phi) is 8.51. The number of carbonyl (C=O) groups is 1. The molecule has 0 radical (unpaired) electrons. The third-order valence-corrected chi connectivity index (χ3v) is 9.07. The van der Waals surface area contributed by atoms with Gasteiger partial charge >= 0.3 is 5.97 Å². The Morgan fingerprint density at radius 2 is 1.64 bits per heavy atom. The molecule has 1 aliphatic heterocycles. The van der Waals surface area contributed by atoms with Crippen molar-refractivity contribution in [3.8, 4) is 17.2 Å². The molecule has 0 saturated heterocycles. The normalized spacial score (nSPS) is 13.5. The number of hydrogen-bond acceptors (Lipinski definition) is 7. The average molecular weight is 554 g/mol. The van der Waals surface area contributed by atoms with Crippen LogP contribution in [0.3, 0.4) is 0 Å². The third kappa shape index (κ3) is 5.89. The third-order valence-electron chi connectivity index (χ3n) is 6.95. The van der Waals surface area contributed by atoms with E-state index in [0.717, 1.165) is 11.1 Å². The Labute approximate surface area is 230 Å². The molecule has 1 atom stereocenters. The van der Waals surface area contributed by atoms with Gasteiger partial charge in [-0.25, -0.2) is 8.42 Å². The van der Waals surface area contributed by atoms with Crippen LogP contribution < -0.4 is 14.2 Å². The zero-order valence-corrected chi connectivity index (χ0v) is 24.0. The van der Waals surface area contributed by atoms with Crippen LogP contribution in [0.2, 0.25) is 0 Å². The Bertz CT molecular complexity index is 1450. The average Bonchev–Trinajstić information content (AvgIpc) is 3.37. The van der Waals surface area contributed by atoms with Crippen LogP contribution in [-0.2, 0) is 32.7 Å². The van der Waals surface area contributed by atoms with Crippen molar-refractivity contribution in [1.82, 2.24) is 4.31 Å². The van der Waals surface area contributed by atoms with Crippen LogP contribution in [0.1, 0.15) is 41.7 Å². The molecule has 9 heteroatoms. The number of aryl methyl sites for hydroxylation is 1. The molecule has 3 aromatic carbocycles. The molecule has 0 spiro atoms. The summed E-state index contributed by atoms with van der Waals surface area (Å²) in [6, 6.07) is 15.2. The zero-order chi connectivity index (χ0) is 28.3. The van der Waals surface area contributed by atoms with Crippen LogP contribution in [0.5, 0.6) is 17.2 Å². The second kappa shape index (κ2) is 11.7. The first kappa shape index (κ1) is 28.4. The Morgan fingerprint density at radius 3 is 2.31 bits per heavy atom. The number of nitrogens with zero attached hydrogens (tertiary/aromatic N) is 1. The quantitative estimate of drug-likeness (QED) is 0.314. The van der Waals surface area contributed by atoms with E-state index in [1.54, 1.807) is 45.2 Å². The van der Waals surface area contributed by atoms with E-state index in [0.29, 0.717) is 33.9 Å². The fourth-order valence-electron chi connectivity index (χ4n) is 4.84. The summed E-state index contributed by atoms with van der Waals surface area (Å²) >= 11 is 0. The lowest BCUT2D eigenvalue weighted by Gasteiger charge is -2.33. The number of sulfonamides is 1. The van der Waals surface area contributed by atoms with Crippen molar-refractivity contribution in [2.75, 3.05) is 13.9 Å². The van der Waals surface area contributed by atoms with Gasteiger partial charge in [0, 0.05) is 6.54 Å². The van der Waals surface area contributed by atoms with E-state index in [9.17, 15) is 13.2 Å². The highest BCUT2D eigenvalue weighted by Crippen LogP contribution is 2.37. The fourth-order valence-corrected chi connectivity index (χ4v) is 7.02. The minimum absolute atomic E-state index is 0.0422. The van der Waals surface area contributed by atoms with E-state index in [1.807, 2.05) is 51.1 Å². The van der Waals surface area contributed by atoms with E-state index in [-0.39, 0.29) is 30.8 Å². The smallest absolute Gasteiger partial charge is 0.325 e. The molecule has 0 aromatic heterocycles. The van der Waals surface area contributed by atoms with Crippen LogP contribution in [-0.4, -0.2) is 38.6 Å². The standard InChI is InChI=1S/C30H35NO7S/c1-19(2)28(30(32)36-17-23-10-8-7-9-11-23)31(16-24-12-13-25-27(15-24)38-18-37-25)39(33,34)29-20(3)14-26(35-6)21(4)22(29)5/h7-15,19,28H,16-18H2,1-6H3. The summed E-state index contributed by atoms with van der Waals surface area (Å²) in [4.78, 5) is 13.8. The molecule has 1 heterocycles. The largest absolute Gasteiger partial charge is 0.496 e. The number of benzene rings is 3. The lowest BCUT2D eigenvalue weighted by molar-refractivity contribution is -0.151. The SMILES string of the molecule is COc1cc(C)c(S(=O)(=O)N(Cc2ccc3c(c2)OCO3)C(C(=O)OCc2ccccc2)C(C)C)c(C)c1C. The Balaban J connectivity index is 1.79. The highest BCUT2D eigenvalue weighted by Gasteiger charge is 2.41. The molecule has 39 heavy (non-hydrogen) atoms. The van der Waals surface area contributed by atoms with Crippen molar-refractivity contribution < 1.29 is 32.2 Å². The van der Waals surface area contributed by atoms with Gasteiger partial charge in [-0.1, -0.05) is 50.2 Å².